The number of carbonyl (C=O) groups excluding carboxylic acids is 1. The summed E-state index contributed by atoms with van der Waals surface area (Å²) in [7, 11) is 2.04. The van der Waals surface area contributed by atoms with Crippen molar-refractivity contribution >= 4 is 5.91 Å². The summed E-state index contributed by atoms with van der Waals surface area (Å²) >= 11 is 0. The van der Waals surface area contributed by atoms with Crippen LogP contribution < -0.4 is 5.32 Å². The van der Waals surface area contributed by atoms with Gasteiger partial charge in [-0.15, -0.1) is 10.2 Å². The molecule has 1 fully saturated rings. The number of aryl methyl sites for hydroxylation is 2. The molecule has 134 valence electrons. The molecule has 0 radical (unpaired) electrons. The molecule has 1 atom stereocenters. The van der Waals surface area contributed by atoms with E-state index in [1.54, 1.807) is 6.33 Å². The van der Waals surface area contributed by atoms with E-state index in [1.165, 1.54) is 18.4 Å². The van der Waals surface area contributed by atoms with Crippen molar-refractivity contribution in [1.29, 1.82) is 0 Å². The molecule has 0 bridgehead atoms. The number of amides is 1. The van der Waals surface area contributed by atoms with Gasteiger partial charge in [0, 0.05) is 6.54 Å². The second kappa shape index (κ2) is 8.76. The summed E-state index contributed by atoms with van der Waals surface area (Å²) in [6.45, 7) is 2.23. The first-order valence-electron chi connectivity index (χ1n) is 9.12. The quantitative estimate of drug-likeness (QED) is 0.873. The van der Waals surface area contributed by atoms with E-state index in [-0.39, 0.29) is 11.9 Å². The molecule has 1 N–H and O–H groups in total. The minimum Gasteiger partial charge on any atom is -0.347 e. The van der Waals surface area contributed by atoms with Gasteiger partial charge in [-0.25, -0.2) is 0 Å². The SMILES string of the molecule is CN1CCCCCC1C(=O)NCc1nncn1CCc1ccccc1. The normalized spacial score (nSPS) is 18.7. The number of likely N-dealkylation sites (N-methyl/N-ethyl adjacent to an activating group) is 1. The third-order valence-corrected chi connectivity index (χ3v) is 4.92. The minimum absolute atomic E-state index is 0.0248. The number of likely N-dealkylation sites (tertiary alicyclic amines) is 1. The Labute approximate surface area is 149 Å². The fourth-order valence-electron chi connectivity index (χ4n) is 3.36. The number of hydrogen-bond donors (Lipinski definition) is 1. The van der Waals surface area contributed by atoms with Crippen LogP contribution in [-0.4, -0.2) is 45.2 Å². The lowest BCUT2D eigenvalue weighted by Crippen LogP contribution is -2.44. The average Bonchev–Trinajstić information content (AvgIpc) is 2.98. The molecule has 25 heavy (non-hydrogen) atoms. The molecule has 1 unspecified atom stereocenters. The van der Waals surface area contributed by atoms with E-state index in [1.807, 2.05) is 29.8 Å². The van der Waals surface area contributed by atoms with Gasteiger partial charge in [-0.2, -0.15) is 0 Å². The molecule has 0 spiro atoms. The van der Waals surface area contributed by atoms with Crippen molar-refractivity contribution < 1.29 is 4.79 Å². The third-order valence-electron chi connectivity index (χ3n) is 4.92. The van der Waals surface area contributed by atoms with E-state index in [2.05, 4.69) is 32.5 Å². The first kappa shape index (κ1) is 17.6. The summed E-state index contributed by atoms with van der Waals surface area (Å²) in [5, 5.41) is 11.2. The van der Waals surface area contributed by atoms with E-state index >= 15 is 0 Å². The molecule has 0 saturated carbocycles. The summed E-state index contributed by atoms with van der Waals surface area (Å²) in [6.07, 6.45) is 7.10. The summed E-state index contributed by atoms with van der Waals surface area (Å²) in [6, 6.07) is 10.3. The van der Waals surface area contributed by atoms with Crippen molar-refractivity contribution in [1.82, 2.24) is 25.0 Å². The first-order valence-corrected chi connectivity index (χ1v) is 9.12. The van der Waals surface area contributed by atoms with Gasteiger partial charge in [0.05, 0.1) is 12.6 Å². The Morgan fingerprint density at radius 2 is 2.08 bits per heavy atom. The largest absolute Gasteiger partial charge is 0.347 e. The van der Waals surface area contributed by atoms with Crippen molar-refractivity contribution in [3.63, 3.8) is 0 Å². The van der Waals surface area contributed by atoms with Crippen molar-refractivity contribution in [2.45, 2.75) is 51.2 Å². The van der Waals surface area contributed by atoms with Gasteiger partial charge < -0.3 is 9.88 Å². The smallest absolute Gasteiger partial charge is 0.237 e. The van der Waals surface area contributed by atoms with Crippen LogP contribution in [0, 0.1) is 0 Å². The molecule has 0 aliphatic carbocycles. The molecular formula is C19H27N5O. The molecule has 1 amide bonds. The maximum Gasteiger partial charge on any atom is 0.237 e. The summed E-state index contributed by atoms with van der Waals surface area (Å²) < 4.78 is 2.02. The highest BCUT2D eigenvalue weighted by Crippen LogP contribution is 2.15. The van der Waals surface area contributed by atoms with Crippen LogP contribution in [0.5, 0.6) is 0 Å². The number of nitrogens with one attached hydrogen (secondary N) is 1. The van der Waals surface area contributed by atoms with E-state index in [0.29, 0.717) is 6.54 Å². The van der Waals surface area contributed by atoms with Crippen molar-refractivity contribution in [2.75, 3.05) is 13.6 Å². The van der Waals surface area contributed by atoms with Crippen LogP contribution in [0.1, 0.15) is 37.1 Å². The van der Waals surface area contributed by atoms with Gasteiger partial charge in [0.2, 0.25) is 5.91 Å². The molecule has 1 saturated heterocycles. The van der Waals surface area contributed by atoms with Gasteiger partial charge in [-0.05, 0) is 38.4 Å². The van der Waals surface area contributed by atoms with Gasteiger partial charge in [0.15, 0.2) is 5.82 Å². The van der Waals surface area contributed by atoms with E-state index in [4.69, 9.17) is 0 Å². The average molecular weight is 341 g/mol. The van der Waals surface area contributed by atoms with Crippen LogP contribution in [0.25, 0.3) is 0 Å². The van der Waals surface area contributed by atoms with Crippen molar-refractivity contribution in [3.8, 4) is 0 Å². The topological polar surface area (TPSA) is 63.1 Å². The van der Waals surface area contributed by atoms with Crippen LogP contribution in [-0.2, 0) is 24.3 Å². The van der Waals surface area contributed by atoms with Crippen LogP contribution >= 0.6 is 0 Å². The number of carbonyl (C=O) groups is 1. The maximum absolute atomic E-state index is 12.5. The van der Waals surface area contributed by atoms with Gasteiger partial charge in [-0.1, -0.05) is 43.2 Å². The highest BCUT2D eigenvalue weighted by Gasteiger charge is 2.24. The fraction of sp³-hybridized carbons (Fsp3) is 0.526. The molecular weight excluding hydrogens is 314 g/mol. The number of aromatic nitrogens is 3. The van der Waals surface area contributed by atoms with Gasteiger partial charge in [-0.3, -0.25) is 9.69 Å². The lowest BCUT2D eigenvalue weighted by Gasteiger charge is -2.24. The Bertz CT molecular complexity index is 669. The van der Waals surface area contributed by atoms with E-state index in [0.717, 1.165) is 38.2 Å². The van der Waals surface area contributed by atoms with E-state index < -0.39 is 0 Å². The Hall–Kier alpha value is -2.21. The molecule has 2 aromatic rings. The van der Waals surface area contributed by atoms with Crippen LogP contribution in [0.2, 0.25) is 0 Å². The second-order valence-electron chi connectivity index (χ2n) is 6.74. The highest BCUT2D eigenvalue weighted by molar-refractivity contribution is 5.81. The molecule has 1 aliphatic rings. The van der Waals surface area contributed by atoms with Crippen LogP contribution in [0.3, 0.4) is 0 Å². The molecule has 6 heteroatoms. The molecule has 1 aliphatic heterocycles. The molecule has 1 aromatic carbocycles. The zero-order chi connectivity index (χ0) is 17.5. The summed E-state index contributed by atoms with van der Waals surface area (Å²) in [4.78, 5) is 14.7. The second-order valence-corrected chi connectivity index (χ2v) is 6.74. The summed E-state index contributed by atoms with van der Waals surface area (Å²) in [5.74, 6) is 0.905. The number of hydrogen-bond acceptors (Lipinski definition) is 4. The monoisotopic (exact) mass is 341 g/mol. The Morgan fingerprint density at radius 1 is 1.24 bits per heavy atom. The highest BCUT2D eigenvalue weighted by atomic mass is 16.2. The van der Waals surface area contributed by atoms with Gasteiger partial charge >= 0.3 is 0 Å². The zero-order valence-corrected chi connectivity index (χ0v) is 14.9. The number of nitrogens with zero attached hydrogens (tertiary/aromatic N) is 4. The maximum atomic E-state index is 12.5. The van der Waals surface area contributed by atoms with Gasteiger partial charge in [0.1, 0.15) is 6.33 Å². The Morgan fingerprint density at radius 3 is 2.92 bits per heavy atom. The molecule has 2 heterocycles. The Kier molecular flexibility index (Phi) is 6.17. The lowest BCUT2D eigenvalue weighted by atomic mass is 10.1. The van der Waals surface area contributed by atoms with E-state index in [9.17, 15) is 4.79 Å². The molecule has 6 nitrogen and oxygen atoms in total. The van der Waals surface area contributed by atoms with Gasteiger partial charge in [0.25, 0.3) is 0 Å². The Balaban J connectivity index is 1.53. The predicted molar refractivity (Wildman–Crippen MR) is 96.9 cm³/mol. The zero-order valence-electron chi connectivity index (χ0n) is 14.9. The molecule has 3 rings (SSSR count). The van der Waals surface area contributed by atoms with Crippen LogP contribution in [0.15, 0.2) is 36.7 Å². The van der Waals surface area contributed by atoms with Crippen LogP contribution in [0.4, 0.5) is 0 Å². The van der Waals surface area contributed by atoms with Crippen molar-refractivity contribution in [2.24, 2.45) is 0 Å². The number of benzene rings is 1. The third kappa shape index (κ3) is 4.89. The summed E-state index contributed by atoms with van der Waals surface area (Å²) in [5.41, 5.74) is 1.28. The van der Waals surface area contributed by atoms with Crippen molar-refractivity contribution in [3.05, 3.63) is 48.0 Å². The molecule has 1 aromatic heterocycles. The predicted octanol–water partition coefficient (Wildman–Crippen LogP) is 2.01. The standard InChI is InChI=1S/C19H27N5O/c1-23-12-7-3-6-10-17(23)19(25)20-14-18-22-21-15-24(18)13-11-16-8-4-2-5-9-16/h2,4-5,8-9,15,17H,3,6-7,10-14H2,1H3,(H,20,25). The first-order chi connectivity index (χ1) is 12.2. The lowest BCUT2D eigenvalue weighted by molar-refractivity contribution is -0.126. The fourth-order valence-corrected chi connectivity index (χ4v) is 3.36. The number of rotatable bonds is 6. The minimum atomic E-state index is -0.0248.